The zero-order chi connectivity index (χ0) is 12.8. The van der Waals surface area contributed by atoms with Crippen LogP contribution in [0.15, 0.2) is 29.4 Å². The van der Waals surface area contributed by atoms with E-state index in [2.05, 4.69) is 5.16 Å². The molecular weight excluding hydrogens is 239 g/mol. The van der Waals surface area contributed by atoms with Crippen molar-refractivity contribution in [3.05, 3.63) is 35.6 Å². The van der Waals surface area contributed by atoms with E-state index in [4.69, 9.17) is 9.57 Å². The number of oxime groups is 1. The van der Waals surface area contributed by atoms with Crippen LogP contribution in [0.2, 0.25) is 0 Å². The van der Waals surface area contributed by atoms with Gasteiger partial charge in [-0.3, -0.25) is 4.84 Å². The summed E-state index contributed by atoms with van der Waals surface area (Å²) in [5.74, 6) is -0.322. The maximum atomic E-state index is 12.6. The van der Waals surface area contributed by atoms with E-state index < -0.39 is 6.09 Å². The van der Waals surface area contributed by atoms with Gasteiger partial charge in [0.05, 0.1) is 19.4 Å². The summed E-state index contributed by atoms with van der Waals surface area (Å²) in [6, 6.07) is 5.71. The van der Waals surface area contributed by atoms with Crippen molar-refractivity contribution in [1.29, 1.82) is 0 Å². The number of morpholine rings is 1. The maximum Gasteiger partial charge on any atom is 0.436 e. The van der Waals surface area contributed by atoms with E-state index in [1.165, 1.54) is 23.2 Å². The smallest absolute Gasteiger partial charge is 0.378 e. The fourth-order valence-electron chi connectivity index (χ4n) is 1.48. The third-order valence-corrected chi connectivity index (χ3v) is 2.47. The highest BCUT2D eigenvalue weighted by molar-refractivity contribution is 5.79. The maximum absolute atomic E-state index is 12.6. The van der Waals surface area contributed by atoms with Crippen LogP contribution in [0.3, 0.4) is 0 Å². The van der Waals surface area contributed by atoms with E-state index >= 15 is 0 Å². The van der Waals surface area contributed by atoms with Crippen molar-refractivity contribution in [3.63, 3.8) is 0 Å². The van der Waals surface area contributed by atoms with Crippen molar-refractivity contribution in [2.24, 2.45) is 5.16 Å². The monoisotopic (exact) mass is 252 g/mol. The van der Waals surface area contributed by atoms with Gasteiger partial charge in [-0.1, -0.05) is 17.3 Å². The summed E-state index contributed by atoms with van der Waals surface area (Å²) < 4.78 is 17.7. The number of carbonyl (C=O) groups is 1. The third kappa shape index (κ3) is 3.53. The molecule has 1 fully saturated rings. The van der Waals surface area contributed by atoms with E-state index in [0.29, 0.717) is 31.9 Å². The van der Waals surface area contributed by atoms with Crippen LogP contribution in [-0.2, 0) is 9.57 Å². The number of hydrogen-bond donors (Lipinski definition) is 0. The van der Waals surface area contributed by atoms with Gasteiger partial charge in [-0.2, -0.15) is 0 Å². The molecule has 2 rings (SSSR count). The molecule has 0 spiro atoms. The Hall–Kier alpha value is -1.95. The summed E-state index contributed by atoms with van der Waals surface area (Å²) in [7, 11) is 0. The van der Waals surface area contributed by atoms with E-state index in [1.54, 1.807) is 12.1 Å². The Morgan fingerprint density at radius 3 is 2.67 bits per heavy atom. The average molecular weight is 252 g/mol. The lowest BCUT2D eigenvalue weighted by Crippen LogP contribution is -2.40. The fourth-order valence-corrected chi connectivity index (χ4v) is 1.48. The van der Waals surface area contributed by atoms with Crippen LogP contribution in [0.25, 0.3) is 0 Å². The van der Waals surface area contributed by atoms with E-state index in [0.717, 1.165) is 0 Å². The number of benzene rings is 1. The van der Waals surface area contributed by atoms with Crippen LogP contribution in [0, 0.1) is 5.82 Å². The fraction of sp³-hybridized carbons (Fsp3) is 0.333. The zero-order valence-electron chi connectivity index (χ0n) is 9.71. The predicted molar refractivity (Wildman–Crippen MR) is 62.9 cm³/mol. The van der Waals surface area contributed by atoms with Gasteiger partial charge in [0.25, 0.3) is 0 Å². The van der Waals surface area contributed by atoms with E-state index in [1.807, 2.05) is 0 Å². The van der Waals surface area contributed by atoms with Crippen molar-refractivity contribution in [1.82, 2.24) is 4.90 Å². The molecule has 0 saturated carbocycles. The highest BCUT2D eigenvalue weighted by Gasteiger charge is 2.17. The van der Waals surface area contributed by atoms with Gasteiger partial charge in [-0.25, -0.2) is 9.18 Å². The highest BCUT2D eigenvalue weighted by atomic mass is 19.1. The average Bonchev–Trinajstić information content (AvgIpc) is 2.42. The van der Waals surface area contributed by atoms with Crippen LogP contribution in [-0.4, -0.2) is 43.5 Å². The molecule has 0 unspecified atom stereocenters. The van der Waals surface area contributed by atoms with Gasteiger partial charge in [0.1, 0.15) is 5.82 Å². The standard InChI is InChI=1S/C12H13FN2O3/c13-11-3-1-10(2-4-11)9-14-18-12(16)15-5-7-17-8-6-15/h1-4,9H,5-8H2/b14-9+. The van der Waals surface area contributed by atoms with Crippen LogP contribution in [0.4, 0.5) is 9.18 Å². The number of rotatable bonds is 2. The normalized spacial score (nSPS) is 15.9. The van der Waals surface area contributed by atoms with Crippen molar-refractivity contribution in [3.8, 4) is 0 Å². The lowest BCUT2D eigenvalue weighted by molar-refractivity contribution is 0.0281. The number of nitrogens with zero attached hydrogens (tertiary/aromatic N) is 2. The van der Waals surface area contributed by atoms with Crippen LogP contribution >= 0.6 is 0 Å². The van der Waals surface area contributed by atoms with Gasteiger partial charge in [0, 0.05) is 13.1 Å². The van der Waals surface area contributed by atoms with Crippen LogP contribution in [0.1, 0.15) is 5.56 Å². The van der Waals surface area contributed by atoms with Crippen molar-refractivity contribution in [2.45, 2.75) is 0 Å². The molecule has 0 N–H and O–H groups in total. The SMILES string of the molecule is O=C(O/N=C/c1ccc(F)cc1)N1CCOCC1. The first-order valence-corrected chi connectivity index (χ1v) is 5.58. The molecule has 96 valence electrons. The number of hydrogen-bond acceptors (Lipinski definition) is 4. The first-order valence-electron chi connectivity index (χ1n) is 5.58. The van der Waals surface area contributed by atoms with E-state index in [9.17, 15) is 9.18 Å². The van der Waals surface area contributed by atoms with Crippen LogP contribution < -0.4 is 0 Å². The molecule has 0 radical (unpaired) electrons. The molecule has 0 bridgehead atoms. The molecule has 1 aliphatic heterocycles. The topological polar surface area (TPSA) is 51.1 Å². The summed E-state index contributed by atoms with van der Waals surface area (Å²) in [6.45, 7) is 2.03. The number of halogens is 1. The molecule has 0 aliphatic carbocycles. The Morgan fingerprint density at radius 2 is 2.00 bits per heavy atom. The Bertz CT molecular complexity index is 427. The first kappa shape index (κ1) is 12.5. The largest absolute Gasteiger partial charge is 0.436 e. The molecule has 1 aromatic rings. The van der Waals surface area contributed by atoms with Crippen LogP contribution in [0.5, 0.6) is 0 Å². The number of ether oxygens (including phenoxy) is 1. The molecular formula is C12H13FN2O3. The summed E-state index contributed by atoms with van der Waals surface area (Å²) in [5.41, 5.74) is 0.658. The Balaban J connectivity index is 1.83. The quantitative estimate of drug-likeness (QED) is 0.456. The molecule has 0 atom stereocenters. The summed E-state index contributed by atoms with van der Waals surface area (Å²) in [6.07, 6.45) is 0.856. The van der Waals surface area contributed by atoms with Crippen molar-refractivity contribution < 1.29 is 18.8 Å². The van der Waals surface area contributed by atoms with Gasteiger partial charge in [0.2, 0.25) is 0 Å². The molecule has 0 aromatic heterocycles. The lowest BCUT2D eigenvalue weighted by atomic mass is 10.2. The Kier molecular flexibility index (Phi) is 4.25. The molecule has 5 nitrogen and oxygen atoms in total. The second kappa shape index (κ2) is 6.11. The minimum absolute atomic E-state index is 0.322. The van der Waals surface area contributed by atoms with Gasteiger partial charge in [-0.15, -0.1) is 0 Å². The Morgan fingerprint density at radius 1 is 1.33 bits per heavy atom. The van der Waals surface area contributed by atoms with Gasteiger partial charge in [0.15, 0.2) is 0 Å². The first-order chi connectivity index (χ1) is 8.75. The zero-order valence-corrected chi connectivity index (χ0v) is 9.71. The minimum Gasteiger partial charge on any atom is -0.378 e. The molecule has 1 aromatic carbocycles. The number of amides is 1. The van der Waals surface area contributed by atoms with Crippen molar-refractivity contribution >= 4 is 12.3 Å². The van der Waals surface area contributed by atoms with Gasteiger partial charge >= 0.3 is 6.09 Å². The molecule has 1 heterocycles. The Labute approximate surface area is 104 Å². The third-order valence-electron chi connectivity index (χ3n) is 2.47. The molecule has 1 amide bonds. The molecule has 18 heavy (non-hydrogen) atoms. The minimum atomic E-state index is -0.503. The molecule has 1 saturated heterocycles. The van der Waals surface area contributed by atoms with Crippen molar-refractivity contribution in [2.75, 3.05) is 26.3 Å². The molecule has 1 aliphatic rings. The van der Waals surface area contributed by atoms with E-state index in [-0.39, 0.29) is 5.82 Å². The summed E-state index contributed by atoms with van der Waals surface area (Å²) >= 11 is 0. The predicted octanol–water partition coefficient (Wildman–Crippen LogP) is 1.63. The second-order valence-corrected chi connectivity index (χ2v) is 3.74. The highest BCUT2D eigenvalue weighted by Crippen LogP contribution is 2.02. The number of carbonyl (C=O) groups excluding carboxylic acids is 1. The molecule has 6 heteroatoms. The second-order valence-electron chi connectivity index (χ2n) is 3.74. The lowest BCUT2D eigenvalue weighted by Gasteiger charge is -2.24. The summed E-state index contributed by atoms with van der Waals surface area (Å²) in [4.78, 5) is 17.8. The van der Waals surface area contributed by atoms with Gasteiger partial charge in [-0.05, 0) is 17.7 Å². The van der Waals surface area contributed by atoms with Gasteiger partial charge < -0.3 is 9.64 Å². The summed E-state index contributed by atoms with van der Waals surface area (Å²) in [5, 5.41) is 3.57.